The number of carbonyl (C=O) groups is 2. The monoisotopic (exact) mass is 543 g/mol. The van der Waals surface area contributed by atoms with Crippen LogP contribution in [0.25, 0.3) is 0 Å². The van der Waals surface area contributed by atoms with Gasteiger partial charge in [-0.2, -0.15) is 0 Å². The zero-order chi connectivity index (χ0) is 21.8. The lowest BCUT2D eigenvalue weighted by Crippen LogP contribution is -2.34. The number of nitrogens with one attached hydrogen (secondary N) is 1. The van der Waals surface area contributed by atoms with Gasteiger partial charge in [0, 0.05) is 13.0 Å². The largest absolute Gasteiger partial charge is 0.475 e. The van der Waals surface area contributed by atoms with Crippen LogP contribution in [0.5, 0.6) is 0 Å². The number of benzene rings is 1. The first-order valence-corrected chi connectivity index (χ1v) is 11.5. The normalized spacial score (nSPS) is 13.4. The zero-order valence-electron chi connectivity index (χ0n) is 16.7. The Bertz CT molecular complexity index is 680. The Morgan fingerprint density at radius 1 is 1.03 bits per heavy atom. The maximum Gasteiger partial charge on any atom is 0.475 e. The number of rotatable bonds is 12. The second-order valence-electron chi connectivity index (χ2n) is 6.74. The fourth-order valence-electron chi connectivity index (χ4n) is 1.85. The van der Waals surface area contributed by atoms with E-state index in [0.29, 0.717) is 6.42 Å². The van der Waals surface area contributed by atoms with Gasteiger partial charge in [-0.1, -0.05) is 30.3 Å². The van der Waals surface area contributed by atoms with Crippen LogP contribution >= 0.6 is 30.4 Å². The molecule has 11 heteroatoms. The molecule has 0 aliphatic heterocycles. The number of carbonyl (C=O) groups excluding carboxylic acids is 2. The molecule has 1 rings (SSSR count). The van der Waals surface area contributed by atoms with Crippen LogP contribution in [0.2, 0.25) is 0 Å². The van der Waals surface area contributed by atoms with Gasteiger partial charge in [-0.3, -0.25) is 13.6 Å². The van der Waals surface area contributed by atoms with E-state index in [1.165, 1.54) is 22.6 Å². The Hall–Kier alpha value is -1.20. The molecule has 0 bridgehead atoms. The molecule has 29 heavy (non-hydrogen) atoms. The van der Waals surface area contributed by atoms with Crippen LogP contribution in [0.3, 0.4) is 0 Å². The number of alkyl carbamates (subject to hydrolysis) is 1. The molecule has 0 spiro atoms. The molecule has 1 amide bonds. The Balaban J connectivity index is 2.49. The molecule has 0 heterocycles. The standard InChI is InChI=1S/C18H27INO8P/c1-18(2,3)28-17(22)20-10-13-26-29(23,25-12-7-11-24-16(19)21)27-14-15-8-5-4-6-9-15/h4-6,8-9H,7,10-14H2,1-3H3,(H,20,22). The van der Waals surface area contributed by atoms with Crippen molar-refractivity contribution < 1.29 is 37.2 Å². The average Bonchev–Trinajstić information content (AvgIpc) is 2.63. The third kappa shape index (κ3) is 13.6. The van der Waals surface area contributed by atoms with Crippen LogP contribution in [-0.2, 0) is 34.2 Å². The number of ether oxygens (including phenoxy) is 2. The summed E-state index contributed by atoms with van der Waals surface area (Å²) in [6, 6.07) is 9.14. The molecule has 0 aliphatic carbocycles. The van der Waals surface area contributed by atoms with Crippen LogP contribution in [-0.4, -0.2) is 42.0 Å². The van der Waals surface area contributed by atoms with E-state index < -0.39 is 23.5 Å². The lowest BCUT2D eigenvalue weighted by Gasteiger charge is -2.20. The first-order valence-electron chi connectivity index (χ1n) is 8.96. The third-order valence-electron chi connectivity index (χ3n) is 3.01. The Kier molecular flexibility index (Phi) is 11.7. The first kappa shape index (κ1) is 25.8. The van der Waals surface area contributed by atoms with E-state index in [1.807, 2.05) is 30.3 Å². The van der Waals surface area contributed by atoms with Gasteiger partial charge in [-0.15, -0.1) is 0 Å². The molecule has 1 unspecified atom stereocenters. The number of phosphoric ester groups is 1. The molecule has 0 aliphatic rings. The van der Waals surface area contributed by atoms with Gasteiger partial charge < -0.3 is 14.8 Å². The number of amides is 1. The van der Waals surface area contributed by atoms with Gasteiger partial charge >= 0.3 is 17.9 Å². The van der Waals surface area contributed by atoms with E-state index in [9.17, 15) is 14.2 Å². The van der Waals surface area contributed by atoms with E-state index in [2.05, 4.69) is 5.32 Å². The molecule has 0 fully saturated rings. The lowest BCUT2D eigenvalue weighted by atomic mass is 10.2. The van der Waals surface area contributed by atoms with Gasteiger partial charge in [0.15, 0.2) is 0 Å². The first-order chi connectivity index (χ1) is 13.6. The van der Waals surface area contributed by atoms with Crippen molar-refractivity contribution in [2.75, 3.05) is 26.4 Å². The van der Waals surface area contributed by atoms with Crippen molar-refractivity contribution in [2.24, 2.45) is 0 Å². The van der Waals surface area contributed by atoms with Crippen molar-refractivity contribution >= 4 is 40.5 Å². The Morgan fingerprint density at radius 2 is 1.69 bits per heavy atom. The number of hydrogen-bond donors (Lipinski definition) is 1. The molecular formula is C18H27INO8P. The average molecular weight is 543 g/mol. The highest BCUT2D eigenvalue weighted by molar-refractivity contribution is 14.1. The van der Waals surface area contributed by atoms with Crippen LogP contribution in [0.1, 0.15) is 32.8 Å². The molecule has 1 N–H and O–H groups in total. The van der Waals surface area contributed by atoms with Gasteiger partial charge in [-0.05, 0) is 26.3 Å². The number of halogens is 1. The maximum atomic E-state index is 12.8. The van der Waals surface area contributed by atoms with Crippen LogP contribution in [0.15, 0.2) is 30.3 Å². The van der Waals surface area contributed by atoms with Gasteiger partial charge in [0.05, 0.1) is 49.0 Å². The Labute approximate surface area is 184 Å². The number of phosphoric acid groups is 1. The summed E-state index contributed by atoms with van der Waals surface area (Å²) in [6.45, 7) is 5.36. The van der Waals surface area contributed by atoms with Crippen LogP contribution in [0, 0.1) is 0 Å². The SMILES string of the molecule is CC(C)(C)OC(=O)NCCOP(=O)(OCCCOC(=O)I)OCc1ccccc1. The van der Waals surface area contributed by atoms with E-state index >= 15 is 0 Å². The van der Waals surface area contributed by atoms with Crippen LogP contribution in [0.4, 0.5) is 9.59 Å². The van der Waals surface area contributed by atoms with E-state index in [1.54, 1.807) is 20.8 Å². The summed E-state index contributed by atoms with van der Waals surface area (Å²) < 4.78 is 38.3. The molecule has 1 atom stereocenters. The van der Waals surface area contributed by atoms with Crippen molar-refractivity contribution in [3.8, 4) is 0 Å². The molecule has 0 aromatic heterocycles. The van der Waals surface area contributed by atoms with Gasteiger partial charge in [-0.25, -0.2) is 14.2 Å². The molecular weight excluding hydrogens is 516 g/mol. The van der Waals surface area contributed by atoms with E-state index in [-0.39, 0.29) is 33.0 Å². The summed E-state index contributed by atoms with van der Waals surface area (Å²) in [4.78, 5) is 22.4. The molecule has 0 radical (unpaired) electrons. The summed E-state index contributed by atoms with van der Waals surface area (Å²) >= 11 is 1.51. The highest BCUT2D eigenvalue weighted by atomic mass is 127. The van der Waals surface area contributed by atoms with Crippen molar-refractivity contribution in [3.63, 3.8) is 0 Å². The molecule has 164 valence electrons. The lowest BCUT2D eigenvalue weighted by molar-refractivity contribution is 0.0505. The highest BCUT2D eigenvalue weighted by Crippen LogP contribution is 2.50. The highest BCUT2D eigenvalue weighted by Gasteiger charge is 2.27. The van der Waals surface area contributed by atoms with Crippen LogP contribution < -0.4 is 5.32 Å². The van der Waals surface area contributed by atoms with E-state index in [0.717, 1.165) is 5.56 Å². The minimum absolute atomic E-state index is 0.00941. The zero-order valence-corrected chi connectivity index (χ0v) is 19.8. The Morgan fingerprint density at radius 3 is 2.31 bits per heavy atom. The summed E-state index contributed by atoms with van der Waals surface area (Å²) in [5.41, 5.74) is 0.175. The minimum atomic E-state index is -3.88. The van der Waals surface area contributed by atoms with Gasteiger partial charge in [0.1, 0.15) is 5.60 Å². The second kappa shape index (κ2) is 13.2. The summed E-state index contributed by atoms with van der Waals surface area (Å²) in [5.74, 6) is 0. The molecule has 1 aromatic carbocycles. The second-order valence-corrected chi connectivity index (χ2v) is 9.29. The molecule has 1 aromatic rings. The summed E-state index contributed by atoms with van der Waals surface area (Å²) in [5, 5.41) is 2.50. The fraction of sp³-hybridized carbons (Fsp3) is 0.556. The predicted octanol–water partition coefficient (Wildman–Crippen LogP) is 4.83. The number of hydrogen-bond acceptors (Lipinski definition) is 8. The van der Waals surface area contributed by atoms with Crippen molar-refractivity contribution in [1.29, 1.82) is 0 Å². The smallest absolute Gasteiger partial charge is 0.458 e. The topological polar surface area (TPSA) is 109 Å². The molecule has 9 nitrogen and oxygen atoms in total. The maximum absolute atomic E-state index is 12.8. The quantitative estimate of drug-likeness (QED) is 0.173. The van der Waals surface area contributed by atoms with Gasteiger partial charge in [0.2, 0.25) is 0 Å². The van der Waals surface area contributed by atoms with Crippen molar-refractivity contribution in [2.45, 2.75) is 39.4 Å². The third-order valence-corrected chi connectivity index (χ3v) is 4.76. The van der Waals surface area contributed by atoms with Crippen molar-refractivity contribution in [1.82, 2.24) is 5.32 Å². The molecule has 0 saturated heterocycles. The van der Waals surface area contributed by atoms with E-state index in [4.69, 9.17) is 23.0 Å². The van der Waals surface area contributed by atoms with Gasteiger partial charge in [0.25, 0.3) is 0 Å². The molecule has 0 saturated carbocycles. The summed E-state index contributed by atoms with van der Waals surface area (Å²) in [6.07, 6.45) is -0.282. The summed E-state index contributed by atoms with van der Waals surface area (Å²) in [7, 11) is -3.88. The predicted molar refractivity (Wildman–Crippen MR) is 115 cm³/mol. The fourth-order valence-corrected chi connectivity index (χ4v) is 3.27. The minimum Gasteiger partial charge on any atom is -0.458 e. The van der Waals surface area contributed by atoms with Crippen molar-refractivity contribution in [3.05, 3.63) is 35.9 Å².